The van der Waals surface area contributed by atoms with Gasteiger partial charge in [0.15, 0.2) is 0 Å². The van der Waals surface area contributed by atoms with Gasteiger partial charge in [-0.05, 0) is 29.8 Å². The van der Waals surface area contributed by atoms with Crippen molar-refractivity contribution in [1.29, 1.82) is 0 Å². The molecule has 0 aromatic carbocycles. The van der Waals surface area contributed by atoms with Crippen LogP contribution in [0.3, 0.4) is 0 Å². The van der Waals surface area contributed by atoms with E-state index >= 15 is 0 Å². The molecule has 2 aromatic rings. The Morgan fingerprint density at radius 2 is 2.44 bits per heavy atom. The first-order valence-corrected chi connectivity index (χ1v) is 7.26. The smallest absolute Gasteiger partial charge is 0.267 e. The van der Waals surface area contributed by atoms with Crippen LogP contribution in [0.5, 0.6) is 0 Å². The quantitative estimate of drug-likeness (QED) is 0.531. The van der Waals surface area contributed by atoms with E-state index in [4.69, 9.17) is 0 Å². The SMILES string of the molecule is CSc1sccc1/C=N/NC(=O)c1cccnc1. The number of nitrogens with one attached hydrogen (secondary N) is 1. The molecular weight excluding hydrogens is 266 g/mol. The zero-order chi connectivity index (χ0) is 12.8. The fourth-order valence-electron chi connectivity index (χ4n) is 1.29. The highest BCUT2D eigenvalue weighted by molar-refractivity contribution is 8.00. The molecule has 0 radical (unpaired) electrons. The van der Waals surface area contributed by atoms with Gasteiger partial charge in [0.25, 0.3) is 5.91 Å². The summed E-state index contributed by atoms with van der Waals surface area (Å²) < 4.78 is 1.18. The lowest BCUT2D eigenvalue weighted by atomic mass is 10.3. The molecule has 4 nitrogen and oxygen atoms in total. The largest absolute Gasteiger partial charge is 0.272 e. The third kappa shape index (κ3) is 3.18. The Morgan fingerprint density at radius 1 is 1.56 bits per heavy atom. The minimum Gasteiger partial charge on any atom is -0.267 e. The Kier molecular flexibility index (Phi) is 4.49. The molecule has 0 aliphatic heterocycles. The average Bonchev–Trinajstić information content (AvgIpc) is 2.87. The van der Waals surface area contributed by atoms with Crippen LogP contribution in [-0.2, 0) is 0 Å². The highest BCUT2D eigenvalue weighted by atomic mass is 32.2. The maximum absolute atomic E-state index is 11.7. The van der Waals surface area contributed by atoms with E-state index < -0.39 is 0 Å². The third-order valence-corrected chi connectivity index (χ3v) is 4.25. The van der Waals surface area contributed by atoms with Gasteiger partial charge in [0.2, 0.25) is 0 Å². The predicted octanol–water partition coefficient (Wildman–Crippen LogP) is 2.63. The molecule has 0 fully saturated rings. The van der Waals surface area contributed by atoms with Crippen LogP contribution >= 0.6 is 23.1 Å². The average molecular weight is 277 g/mol. The summed E-state index contributed by atoms with van der Waals surface area (Å²) in [5, 5.41) is 5.94. The van der Waals surface area contributed by atoms with Gasteiger partial charge in [-0.2, -0.15) is 5.10 Å². The molecule has 0 aliphatic rings. The van der Waals surface area contributed by atoms with E-state index in [0.29, 0.717) is 5.56 Å². The number of thiophene rings is 1. The van der Waals surface area contributed by atoms with Crippen molar-refractivity contribution in [2.45, 2.75) is 4.21 Å². The van der Waals surface area contributed by atoms with Crippen LogP contribution in [0.1, 0.15) is 15.9 Å². The molecular formula is C12H11N3OS2. The number of thioether (sulfide) groups is 1. The Morgan fingerprint density at radius 3 is 3.17 bits per heavy atom. The zero-order valence-corrected chi connectivity index (χ0v) is 11.3. The molecule has 0 spiro atoms. The van der Waals surface area contributed by atoms with Gasteiger partial charge in [0.05, 0.1) is 16.0 Å². The molecule has 92 valence electrons. The summed E-state index contributed by atoms with van der Waals surface area (Å²) in [5.41, 5.74) is 3.98. The number of nitrogens with zero attached hydrogens (tertiary/aromatic N) is 2. The van der Waals surface area contributed by atoms with Crippen molar-refractivity contribution in [3.8, 4) is 0 Å². The van der Waals surface area contributed by atoms with Crippen LogP contribution in [0.15, 0.2) is 45.3 Å². The molecule has 2 heterocycles. The fourth-order valence-corrected chi connectivity index (χ4v) is 2.79. The molecule has 1 N–H and O–H groups in total. The maximum Gasteiger partial charge on any atom is 0.272 e. The molecule has 0 unspecified atom stereocenters. The summed E-state index contributed by atoms with van der Waals surface area (Å²) in [4.78, 5) is 15.5. The molecule has 2 rings (SSSR count). The van der Waals surface area contributed by atoms with Gasteiger partial charge < -0.3 is 0 Å². The van der Waals surface area contributed by atoms with Gasteiger partial charge in [0, 0.05) is 18.0 Å². The standard InChI is InChI=1S/C12H11N3OS2/c1-17-12-10(4-6-18-12)8-14-15-11(16)9-3-2-5-13-7-9/h2-8H,1H3,(H,15,16)/b14-8+. The second-order valence-corrected chi connectivity index (χ2v) is 5.30. The van der Waals surface area contributed by atoms with Crippen LogP contribution in [-0.4, -0.2) is 23.4 Å². The van der Waals surface area contributed by atoms with E-state index in [1.54, 1.807) is 47.6 Å². The lowest BCUT2D eigenvalue weighted by Crippen LogP contribution is -2.17. The summed E-state index contributed by atoms with van der Waals surface area (Å²) in [6.45, 7) is 0. The summed E-state index contributed by atoms with van der Waals surface area (Å²) >= 11 is 3.32. The van der Waals surface area contributed by atoms with Gasteiger partial charge in [0.1, 0.15) is 0 Å². The Labute approximate surface area is 113 Å². The highest BCUT2D eigenvalue weighted by Crippen LogP contribution is 2.24. The van der Waals surface area contributed by atoms with E-state index in [9.17, 15) is 4.79 Å². The monoisotopic (exact) mass is 277 g/mol. The lowest BCUT2D eigenvalue weighted by Gasteiger charge is -1.98. The Hall–Kier alpha value is -1.66. The van der Waals surface area contributed by atoms with E-state index in [-0.39, 0.29) is 5.91 Å². The van der Waals surface area contributed by atoms with Gasteiger partial charge in [-0.15, -0.1) is 23.1 Å². The summed E-state index contributed by atoms with van der Waals surface area (Å²) in [5.74, 6) is -0.264. The van der Waals surface area contributed by atoms with Gasteiger partial charge in [-0.1, -0.05) is 0 Å². The van der Waals surface area contributed by atoms with Crippen molar-refractivity contribution in [1.82, 2.24) is 10.4 Å². The maximum atomic E-state index is 11.7. The normalized spacial score (nSPS) is 10.7. The van der Waals surface area contributed by atoms with Crippen molar-refractivity contribution in [3.63, 3.8) is 0 Å². The van der Waals surface area contributed by atoms with Crippen molar-refractivity contribution >= 4 is 35.2 Å². The molecule has 0 aliphatic carbocycles. The van der Waals surface area contributed by atoms with Crippen LogP contribution in [0.4, 0.5) is 0 Å². The number of aromatic nitrogens is 1. The number of pyridine rings is 1. The molecule has 18 heavy (non-hydrogen) atoms. The summed E-state index contributed by atoms with van der Waals surface area (Å²) in [6, 6.07) is 5.37. The van der Waals surface area contributed by atoms with E-state index in [0.717, 1.165) is 5.56 Å². The summed E-state index contributed by atoms with van der Waals surface area (Å²) in [6.07, 6.45) is 6.78. The number of hydrogen-bond acceptors (Lipinski definition) is 5. The second-order valence-electron chi connectivity index (χ2n) is 3.31. The second kappa shape index (κ2) is 6.32. The molecule has 6 heteroatoms. The molecule has 1 amide bonds. The van der Waals surface area contributed by atoms with Crippen LogP contribution < -0.4 is 5.43 Å². The van der Waals surface area contributed by atoms with E-state index in [1.807, 2.05) is 17.7 Å². The first kappa shape index (κ1) is 12.8. The molecule has 0 saturated heterocycles. The first-order valence-electron chi connectivity index (χ1n) is 5.16. The molecule has 0 atom stereocenters. The lowest BCUT2D eigenvalue weighted by molar-refractivity contribution is 0.0955. The van der Waals surface area contributed by atoms with Crippen molar-refractivity contribution in [2.24, 2.45) is 5.10 Å². The number of hydrazone groups is 1. The van der Waals surface area contributed by atoms with Gasteiger partial charge in [-0.25, -0.2) is 5.43 Å². The third-order valence-electron chi connectivity index (χ3n) is 2.14. The minimum absolute atomic E-state index is 0.264. The zero-order valence-electron chi connectivity index (χ0n) is 9.66. The van der Waals surface area contributed by atoms with E-state index in [1.165, 1.54) is 10.4 Å². The number of amides is 1. The number of hydrogen-bond donors (Lipinski definition) is 1. The number of carbonyl (C=O) groups is 1. The molecule has 0 saturated carbocycles. The van der Waals surface area contributed by atoms with Gasteiger partial charge in [-0.3, -0.25) is 9.78 Å². The van der Waals surface area contributed by atoms with Crippen LogP contribution in [0.25, 0.3) is 0 Å². The predicted molar refractivity (Wildman–Crippen MR) is 75.4 cm³/mol. The van der Waals surface area contributed by atoms with Crippen molar-refractivity contribution in [3.05, 3.63) is 47.1 Å². The van der Waals surface area contributed by atoms with Crippen molar-refractivity contribution < 1.29 is 4.79 Å². The minimum atomic E-state index is -0.264. The van der Waals surface area contributed by atoms with Crippen LogP contribution in [0, 0.1) is 0 Å². The number of rotatable bonds is 4. The van der Waals surface area contributed by atoms with Crippen molar-refractivity contribution in [2.75, 3.05) is 6.26 Å². The Balaban J connectivity index is 1.98. The number of carbonyl (C=O) groups excluding carboxylic acids is 1. The highest BCUT2D eigenvalue weighted by Gasteiger charge is 2.03. The van der Waals surface area contributed by atoms with E-state index in [2.05, 4.69) is 15.5 Å². The first-order chi connectivity index (χ1) is 8.81. The fraction of sp³-hybridized carbons (Fsp3) is 0.0833. The molecule has 0 bridgehead atoms. The topological polar surface area (TPSA) is 54.4 Å². The Bertz CT molecular complexity index is 551. The summed E-state index contributed by atoms with van der Waals surface area (Å²) in [7, 11) is 0. The van der Waals surface area contributed by atoms with Crippen LogP contribution in [0.2, 0.25) is 0 Å². The molecule has 2 aromatic heterocycles. The van der Waals surface area contributed by atoms with Gasteiger partial charge >= 0.3 is 0 Å².